The first-order chi connectivity index (χ1) is 8.86. The molecule has 0 fully saturated rings. The molecule has 1 aromatic rings. The number of rotatable bonds is 4. The first-order valence-electron chi connectivity index (χ1n) is 7.02. The van der Waals surface area contributed by atoms with Gasteiger partial charge in [0, 0.05) is 18.0 Å². The van der Waals surface area contributed by atoms with Crippen LogP contribution in [0.1, 0.15) is 33.3 Å². The monoisotopic (exact) mass is 281 g/mol. The van der Waals surface area contributed by atoms with Gasteiger partial charge in [0.05, 0.1) is 0 Å². The molecule has 0 amide bonds. The highest BCUT2D eigenvalue weighted by Crippen LogP contribution is 2.31. The number of fused-ring (bicyclic) bond motifs is 1. The summed E-state index contributed by atoms with van der Waals surface area (Å²) in [5, 5.41) is 4.31. The van der Waals surface area contributed by atoms with Crippen molar-refractivity contribution >= 4 is 11.6 Å². The van der Waals surface area contributed by atoms with E-state index < -0.39 is 0 Å². The van der Waals surface area contributed by atoms with E-state index in [2.05, 4.69) is 33.0 Å². The van der Waals surface area contributed by atoms with Gasteiger partial charge in [0.1, 0.15) is 11.9 Å². The highest BCUT2D eigenvalue weighted by Gasteiger charge is 2.24. The molecule has 0 saturated carbocycles. The molecule has 2 unspecified atom stereocenters. The highest BCUT2D eigenvalue weighted by atomic mass is 35.5. The van der Waals surface area contributed by atoms with Crippen molar-refractivity contribution in [2.45, 2.75) is 40.2 Å². The van der Waals surface area contributed by atoms with Gasteiger partial charge in [0.25, 0.3) is 0 Å². The Hall–Kier alpha value is -0.730. The standard InChI is InChI=1S/C16H24ClNO/c1-11(16(2,3)4)9-18-10-14-8-12-7-13(17)5-6-15(12)19-14/h5-7,11,14,18H,8-10H2,1-4H3. The summed E-state index contributed by atoms with van der Waals surface area (Å²) in [6, 6.07) is 5.86. The van der Waals surface area contributed by atoms with Crippen molar-refractivity contribution in [3.05, 3.63) is 28.8 Å². The third kappa shape index (κ3) is 3.87. The summed E-state index contributed by atoms with van der Waals surface area (Å²) in [6.07, 6.45) is 1.19. The Morgan fingerprint density at radius 2 is 2.16 bits per heavy atom. The third-order valence-electron chi connectivity index (χ3n) is 4.06. The molecule has 1 heterocycles. The predicted molar refractivity (Wildman–Crippen MR) is 81.1 cm³/mol. The van der Waals surface area contributed by atoms with E-state index >= 15 is 0 Å². The lowest BCUT2D eigenvalue weighted by Crippen LogP contribution is -2.36. The van der Waals surface area contributed by atoms with Crippen LogP contribution in [0.5, 0.6) is 5.75 Å². The van der Waals surface area contributed by atoms with E-state index in [9.17, 15) is 0 Å². The molecule has 1 aliphatic heterocycles. The van der Waals surface area contributed by atoms with Gasteiger partial charge in [-0.25, -0.2) is 0 Å². The lowest BCUT2D eigenvalue weighted by molar-refractivity contribution is 0.208. The van der Waals surface area contributed by atoms with Crippen molar-refractivity contribution in [2.24, 2.45) is 11.3 Å². The maximum absolute atomic E-state index is 6.00. The second-order valence-electron chi connectivity index (χ2n) is 6.62. The van der Waals surface area contributed by atoms with Crippen molar-refractivity contribution in [1.82, 2.24) is 5.32 Å². The second kappa shape index (κ2) is 5.72. The van der Waals surface area contributed by atoms with Gasteiger partial charge < -0.3 is 10.1 Å². The van der Waals surface area contributed by atoms with Crippen LogP contribution >= 0.6 is 11.6 Å². The molecule has 3 heteroatoms. The second-order valence-corrected chi connectivity index (χ2v) is 7.06. The molecule has 1 aromatic carbocycles. The van der Waals surface area contributed by atoms with E-state index in [0.717, 1.165) is 30.3 Å². The lowest BCUT2D eigenvalue weighted by atomic mass is 9.82. The third-order valence-corrected chi connectivity index (χ3v) is 4.30. The molecular formula is C16H24ClNO. The van der Waals surface area contributed by atoms with Gasteiger partial charge in [-0.2, -0.15) is 0 Å². The number of nitrogens with one attached hydrogen (secondary N) is 1. The summed E-state index contributed by atoms with van der Waals surface area (Å²) in [6.45, 7) is 11.1. The quantitative estimate of drug-likeness (QED) is 0.903. The summed E-state index contributed by atoms with van der Waals surface area (Å²) in [5.41, 5.74) is 1.57. The largest absolute Gasteiger partial charge is 0.488 e. The van der Waals surface area contributed by atoms with Gasteiger partial charge in [-0.1, -0.05) is 39.3 Å². The van der Waals surface area contributed by atoms with Crippen LogP contribution in [0.3, 0.4) is 0 Å². The predicted octanol–water partition coefficient (Wildman–Crippen LogP) is 3.92. The number of halogens is 1. The maximum atomic E-state index is 6.00. The molecule has 1 N–H and O–H groups in total. The summed E-state index contributed by atoms with van der Waals surface area (Å²) < 4.78 is 5.91. The summed E-state index contributed by atoms with van der Waals surface area (Å²) in [5.74, 6) is 1.63. The molecule has 106 valence electrons. The van der Waals surface area contributed by atoms with Crippen molar-refractivity contribution < 1.29 is 4.74 Å². The van der Waals surface area contributed by atoms with Gasteiger partial charge in [-0.3, -0.25) is 0 Å². The molecule has 0 aromatic heterocycles. The number of hydrogen-bond donors (Lipinski definition) is 1. The molecule has 2 rings (SSSR count). The summed E-state index contributed by atoms with van der Waals surface area (Å²) >= 11 is 6.00. The normalized spacial score (nSPS) is 19.9. The van der Waals surface area contributed by atoms with E-state index in [1.165, 1.54) is 5.56 Å². The Bertz CT molecular complexity index is 439. The first-order valence-corrected chi connectivity index (χ1v) is 7.40. The van der Waals surface area contributed by atoms with Crippen LogP contribution < -0.4 is 10.1 Å². The Morgan fingerprint density at radius 1 is 1.42 bits per heavy atom. The average Bonchev–Trinajstić information content (AvgIpc) is 2.69. The topological polar surface area (TPSA) is 21.3 Å². The maximum Gasteiger partial charge on any atom is 0.123 e. The lowest BCUT2D eigenvalue weighted by Gasteiger charge is -2.27. The van der Waals surface area contributed by atoms with Crippen LogP contribution in [0, 0.1) is 11.3 Å². The van der Waals surface area contributed by atoms with E-state index in [4.69, 9.17) is 16.3 Å². The molecule has 19 heavy (non-hydrogen) atoms. The highest BCUT2D eigenvalue weighted by molar-refractivity contribution is 6.30. The van der Waals surface area contributed by atoms with Crippen LogP contribution in [-0.4, -0.2) is 19.2 Å². The first kappa shape index (κ1) is 14.7. The fourth-order valence-electron chi connectivity index (χ4n) is 2.17. The fourth-order valence-corrected chi connectivity index (χ4v) is 2.36. The van der Waals surface area contributed by atoms with Crippen LogP contribution in [0.4, 0.5) is 0 Å². The Kier molecular flexibility index (Phi) is 4.42. The molecule has 0 radical (unpaired) electrons. The average molecular weight is 282 g/mol. The van der Waals surface area contributed by atoms with Crippen molar-refractivity contribution in [1.29, 1.82) is 0 Å². The molecule has 0 aliphatic carbocycles. The molecule has 2 nitrogen and oxygen atoms in total. The van der Waals surface area contributed by atoms with Gasteiger partial charge >= 0.3 is 0 Å². The van der Waals surface area contributed by atoms with Crippen LogP contribution in [-0.2, 0) is 6.42 Å². The van der Waals surface area contributed by atoms with Crippen molar-refractivity contribution in [3.63, 3.8) is 0 Å². The van der Waals surface area contributed by atoms with Crippen LogP contribution in [0.2, 0.25) is 5.02 Å². The van der Waals surface area contributed by atoms with E-state index in [0.29, 0.717) is 11.3 Å². The summed E-state index contributed by atoms with van der Waals surface area (Å²) in [7, 11) is 0. The van der Waals surface area contributed by atoms with Crippen LogP contribution in [0.15, 0.2) is 18.2 Å². The zero-order valence-corrected chi connectivity index (χ0v) is 13.1. The number of ether oxygens (including phenoxy) is 1. The minimum atomic E-state index is 0.237. The Balaban J connectivity index is 1.78. The molecule has 2 atom stereocenters. The van der Waals surface area contributed by atoms with Gasteiger partial charge in [-0.15, -0.1) is 0 Å². The SMILES string of the molecule is CC(CNCC1Cc2cc(Cl)ccc2O1)C(C)(C)C. The number of hydrogen-bond acceptors (Lipinski definition) is 2. The smallest absolute Gasteiger partial charge is 0.123 e. The fraction of sp³-hybridized carbons (Fsp3) is 0.625. The summed E-state index contributed by atoms with van der Waals surface area (Å²) in [4.78, 5) is 0. The number of benzene rings is 1. The molecule has 1 aliphatic rings. The Labute approximate surface area is 121 Å². The van der Waals surface area contributed by atoms with E-state index in [1.807, 2.05) is 18.2 Å². The van der Waals surface area contributed by atoms with E-state index in [-0.39, 0.29) is 6.10 Å². The zero-order valence-electron chi connectivity index (χ0n) is 12.3. The van der Waals surface area contributed by atoms with Crippen molar-refractivity contribution in [3.8, 4) is 5.75 Å². The van der Waals surface area contributed by atoms with Gasteiger partial charge in [0.2, 0.25) is 0 Å². The molecule has 0 bridgehead atoms. The van der Waals surface area contributed by atoms with E-state index in [1.54, 1.807) is 0 Å². The molecular weight excluding hydrogens is 258 g/mol. The van der Waals surface area contributed by atoms with Gasteiger partial charge in [-0.05, 0) is 41.6 Å². The zero-order chi connectivity index (χ0) is 14.0. The van der Waals surface area contributed by atoms with Crippen molar-refractivity contribution in [2.75, 3.05) is 13.1 Å². The Morgan fingerprint density at radius 3 is 2.84 bits per heavy atom. The van der Waals surface area contributed by atoms with Crippen LogP contribution in [0.25, 0.3) is 0 Å². The minimum absolute atomic E-state index is 0.237. The molecule has 0 saturated heterocycles. The van der Waals surface area contributed by atoms with Gasteiger partial charge in [0.15, 0.2) is 0 Å². The molecule has 0 spiro atoms. The minimum Gasteiger partial charge on any atom is -0.488 e.